The van der Waals surface area contributed by atoms with Crippen molar-refractivity contribution in [3.8, 4) is 0 Å². The average Bonchev–Trinajstić information content (AvgIpc) is 3.02. The molecule has 0 bridgehead atoms. The van der Waals surface area contributed by atoms with Crippen LogP contribution in [-0.4, -0.2) is 27.9 Å². The van der Waals surface area contributed by atoms with E-state index < -0.39 is 23.1 Å². The van der Waals surface area contributed by atoms with E-state index in [0.717, 1.165) is 5.56 Å². The second-order valence-corrected chi connectivity index (χ2v) is 8.36. The molecule has 0 spiro atoms. The Labute approximate surface area is 175 Å². The predicted molar refractivity (Wildman–Crippen MR) is 112 cm³/mol. The second kappa shape index (κ2) is 8.18. The standard InChI is InChI=1S/C23H26N2O5/c1-15-19(24-21(28)29-22(2,3)4)20(30-25-15)23(14-18(26)27)12-10-17(11-13-23)16-8-6-5-7-9-16/h5-13,17H,14H2,1-4H3,(H,24,28)(H,26,27). The van der Waals surface area contributed by atoms with E-state index in [4.69, 9.17) is 9.26 Å². The molecule has 3 rings (SSSR count). The number of carbonyl (C=O) groups is 2. The van der Waals surface area contributed by atoms with Crippen LogP contribution in [0.5, 0.6) is 0 Å². The van der Waals surface area contributed by atoms with Crippen LogP contribution in [-0.2, 0) is 14.9 Å². The first-order valence-corrected chi connectivity index (χ1v) is 9.72. The lowest BCUT2D eigenvalue weighted by Gasteiger charge is -2.28. The van der Waals surface area contributed by atoms with Gasteiger partial charge in [-0.05, 0) is 33.3 Å². The molecule has 0 saturated carbocycles. The molecule has 1 aromatic carbocycles. The predicted octanol–water partition coefficient (Wildman–Crippen LogP) is 4.95. The molecule has 30 heavy (non-hydrogen) atoms. The minimum absolute atomic E-state index is 0.0133. The Balaban J connectivity index is 1.95. The third-order valence-electron chi connectivity index (χ3n) is 4.74. The number of benzene rings is 1. The Kier molecular flexibility index (Phi) is 5.82. The Morgan fingerprint density at radius 3 is 2.40 bits per heavy atom. The largest absolute Gasteiger partial charge is 0.481 e. The lowest BCUT2D eigenvalue weighted by molar-refractivity contribution is -0.137. The van der Waals surface area contributed by atoms with Gasteiger partial charge in [0, 0.05) is 5.92 Å². The normalized spacial score (nSPS) is 20.7. The van der Waals surface area contributed by atoms with Crippen LogP contribution in [0.2, 0.25) is 0 Å². The highest BCUT2D eigenvalue weighted by Gasteiger charge is 2.39. The maximum absolute atomic E-state index is 12.3. The SMILES string of the molecule is Cc1noc(C2(CC(=O)O)C=CC(c3ccccc3)C=C2)c1NC(=O)OC(C)(C)C. The Bertz CT molecular complexity index is 969. The number of rotatable bonds is 5. The maximum atomic E-state index is 12.3. The number of hydrogen-bond donors (Lipinski definition) is 2. The van der Waals surface area contributed by atoms with Gasteiger partial charge in [-0.3, -0.25) is 10.1 Å². The molecule has 0 fully saturated rings. The first-order chi connectivity index (χ1) is 14.1. The summed E-state index contributed by atoms with van der Waals surface area (Å²) in [5.41, 5.74) is 0.0880. The molecule has 1 aliphatic carbocycles. The molecule has 1 amide bonds. The topological polar surface area (TPSA) is 102 Å². The highest BCUT2D eigenvalue weighted by molar-refractivity contribution is 5.87. The minimum Gasteiger partial charge on any atom is -0.481 e. The van der Waals surface area contributed by atoms with Crippen molar-refractivity contribution in [1.82, 2.24) is 5.16 Å². The molecular formula is C23H26N2O5. The number of carboxylic acid groups (broad SMARTS) is 1. The molecule has 1 aromatic heterocycles. The van der Waals surface area contributed by atoms with Crippen LogP contribution in [0.3, 0.4) is 0 Å². The number of amides is 1. The molecule has 0 radical (unpaired) electrons. The van der Waals surface area contributed by atoms with Crippen molar-refractivity contribution in [2.24, 2.45) is 0 Å². The zero-order valence-corrected chi connectivity index (χ0v) is 17.5. The Morgan fingerprint density at radius 2 is 1.83 bits per heavy atom. The summed E-state index contributed by atoms with van der Waals surface area (Å²) in [6.45, 7) is 6.96. The summed E-state index contributed by atoms with van der Waals surface area (Å²) in [7, 11) is 0. The Morgan fingerprint density at radius 1 is 1.20 bits per heavy atom. The summed E-state index contributed by atoms with van der Waals surface area (Å²) >= 11 is 0. The quantitative estimate of drug-likeness (QED) is 0.676. The van der Waals surface area contributed by atoms with Crippen LogP contribution in [0.1, 0.15) is 50.1 Å². The van der Waals surface area contributed by atoms with Gasteiger partial charge in [0.2, 0.25) is 0 Å². The number of hydrogen-bond acceptors (Lipinski definition) is 5. The van der Waals surface area contributed by atoms with Gasteiger partial charge in [-0.1, -0.05) is 59.8 Å². The van der Waals surface area contributed by atoms with Crippen LogP contribution in [0.15, 0.2) is 59.2 Å². The summed E-state index contributed by atoms with van der Waals surface area (Å²) in [6, 6.07) is 9.88. The number of allylic oxidation sites excluding steroid dienone is 4. The van der Waals surface area contributed by atoms with Crippen LogP contribution in [0.4, 0.5) is 10.5 Å². The van der Waals surface area contributed by atoms with Crippen LogP contribution in [0, 0.1) is 6.92 Å². The smallest absolute Gasteiger partial charge is 0.412 e. The van der Waals surface area contributed by atoms with E-state index in [-0.39, 0.29) is 18.1 Å². The molecule has 0 aliphatic heterocycles. The first-order valence-electron chi connectivity index (χ1n) is 9.72. The van der Waals surface area contributed by atoms with Crippen molar-refractivity contribution >= 4 is 17.7 Å². The zero-order chi connectivity index (χ0) is 21.9. The van der Waals surface area contributed by atoms with Gasteiger partial charge in [-0.15, -0.1) is 0 Å². The molecule has 158 valence electrons. The summed E-state index contributed by atoms with van der Waals surface area (Å²) in [4.78, 5) is 24.0. The fourth-order valence-electron chi connectivity index (χ4n) is 3.41. The fraction of sp³-hybridized carbons (Fsp3) is 0.348. The van der Waals surface area contributed by atoms with Gasteiger partial charge < -0.3 is 14.4 Å². The third-order valence-corrected chi connectivity index (χ3v) is 4.74. The van der Waals surface area contributed by atoms with Crippen molar-refractivity contribution in [3.63, 3.8) is 0 Å². The van der Waals surface area contributed by atoms with E-state index in [1.807, 2.05) is 42.5 Å². The number of anilines is 1. The van der Waals surface area contributed by atoms with Crippen molar-refractivity contribution in [3.05, 3.63) is 71.7 Å². The van der Waals surface area contributed by atoms with E-state index in [2.05, 4.69) is 10.5 Å². The molecular weight excluding hydrogens is 384 g/mol. The van der Waals surface area contributed by atoms with Crippen molar-refractivity contribution in [1.29, 1.82) is 0 Å². The summed E-state index contributed by atoms with van der Waals surface area (Å²) in [5, 5.41) is 16.2. The van der Waals surface area contributed by atoms with E-state index in [1.165, 1.54) is 0 Å². The molecule has 1 aliphatic rings. The van der Waals surface area contributed by atoms with Crippen molar-refractivity contribution < 1.29 is 24.0 Å². The number of carbonyl (C=O) groups excluding carboxylic acids is 1. The zero-order valence-electron chi connectivity index (χ0n) is 17.5. The molecule has 0 atom stereocenters. The molecule has 7 nitrogen and oxygen atoms in total. The number of ether oxygens (including phenoxy) is 1. The van der Waals surface area contributed by atoms with Gasteiger partial charge in [0.15, 0.2) is 5.76 Å². The van der Waals surface area contributed by atoms with Gasteiger partial charge in [0.1, 0.15) is 17.0 Å². The van der Waals surface area contributed by atoms with Crippen molar-refractivity contribution in [2.75, 3.05) is 5.32 Å². The van der Waals surface area contributed by atoms with Gasteiger partial charge in [0.05, 0.1) is 11.8 Å². The lowest BCUT2D eigenvalue weighted by Crippen LogP contribution is -2.30. The van der Waals surface area contributed by atoms with Crippen LogP contribution < -0.4 is 5.32 Å². The molecule has 0 saturated heterocycles. The van der Waals surface area contributed by atoms with Crippen LogP contribution >= 0.6 is 0 Å². The molecule has 7 heteroatoms. The summed E-state index contributed by atoms with van der Waals surface area (Å²) in [6.07, 6.45) is 6.57. The van der Waals surface area contributed by atoms with Gasteiger partial charge in [0.25, 0.3) is 0 Å². The summed E-state index contributed by atoms with van der Waals surface area (Å²) in [5.74, 6) is -0.730. The molecule has 2 aromatic rings. The number of nitrogens with one attached hydrogen (secondary N) is 1. The maximum Gasteiger partial charge on any atom is 0.412 e. The summed E-state index contributed by atoms with van der Waals surface area (Å²) < 4.78 is 10.9. The number of carboxylic acids is 1. The molecule has 0 unspecified atom stereocenters. The highest BCUT2D eigenvalue weighted by atomic mass is 16.6. The number of aliphatic carboxylic acids is 1. The third kappa shape index (κ3) is 4.79. The minimum atomic E-state index is -1.08. The van der Waals surface area contributed by atoms with Gasteiger partial charge >= 0.3 is 12.1 Å². The van der Waals surface area contributed by atoms with Crippen molar-refractivity contribution in [2.45, 2.75) is 51.0 Å². The van der Waals surface area contributed by atoms with Crippen LogP contribution in [0.25, 0.3) is 0 Å². The lowest BCUT2D eigenvalue weighted by atomic mass is 9.75. The number of aromatic nitrogens is 1. The molecule has 2 N–H and O–H groups in total. The van der Waals surface area contributed by atoms with Gasteiger partial charge in [-0.25, -0.2) is 4.79 Å². The van der Waals surface area contributed by atoms with Gasteiger partial charge in [-0.2, -0.15) is 0 Å². The monoisotopic (exact) mass is 410 g/mol. The Hall–Kier alpha value is -3.35. The second-order valence-electron chi connectivity index (χ2n) is 8.36. The average molecular weight is 410 g/mol. The van der Waals surface area contributed by atoms with E-state index >= 15 is 0 Å². The number of nitrogens with zero attached hydrogens (tertiary/aromatic N) is 1. The van der Waals surface area contributed by atoms with E-state index in [0.29, 0.717) is 11.4 Å². The fourth-order valence-corrected chi connectivity index (χ4v) is 3.41. The van der Waals surface area contributed by atoms with E-state index in [9.17, 15) is 14.7 Å². The number of aryl methyl sites for hydroxylation is 1. The highest BCUT2D eigenvalue weighted by Crippen LogP contribution is 2.42. The first kappa shape index (κ1) is 21.4. The molecule has 1 heterocycles. The van der Waals surface area contributed by atoms with E-state index in [1.54, 1.807) is 39.8 Å².